The Balaban J connectivity index is 1.72. The van der Waals surface area contributed by atoms with Gasteiger partial charge < -0.3 is 0 Å². The van der Waals surface area contributed by atoms with Gasteiger partial charge in [0.1, 0.15) is 11.5 Å². The Labute approximate surface area is 165 Å². The molecule has 146 valence electrons. The summed E-state index contributed by atoms with van der Waals surface area (Å²) in [4.78, 5) is 8.58. The molecule has 1 fully saturated rings. The largest absolute Gasteiger partial charge is 0.265 e. The van der Waals surface area contributed by atoms with E-state index in [4.69, 9.17) is 5.10 Å². The molecule has 2 atom stereocenters. The van der Waals surface area contributed by atoms with Crippen molar-refractivity contribution in [2.75, 3.05) is 0 Å². The first-order valence-corrected chi connectivity index (χ1v) is 9.77. The van der Waals surface area contributed by atoms with Gasteiger partial charge in [0.05, 0.1) is 34.7 Å². The molecule has 1 aliphatic heterocycles. The van der Waals surface area contributed by atoms with Crippen molar-refractivity contribution in [2.45, 2.75) is 39.2 Å². The van der Waals surface area contributed by atoms with E-state index in [1.54, 1.807) is 13.0 Å². The lowest BCUT2D eigenvalue weighted by atomic mass is 9.94. The normalized spacial score (nSPS) is 20.0. The molecule has 29 heavy (non-hydrogen) atoms. The minimum absolute atomic E-state index is 0.300. The molecule has 0 unspecified atom stereocenters. The van der Waals surface area contributed by atoms with Crippen LogP contribution in [-0.4, -0.2) is 29.9 Å². The molecule has 0 amide bonds. The van der Waals surface area contributed by atoms with Crippen molar-refractivity contribution in [2.24, 2.45) is 5.92 Å². The van der Waals surface area contributed by atoms with E-state index in [2.05, 4.69) is 20.2 Å². The maximum atomic E-state index is 15.6. The molecule has 1 aliphatic carbocycles. The number of hydrogen-bond donors (Lipinski definition) is 1. The number of nitrogens with zero attached hydrogens (tertiary/aromatic N) is 5. The van der Waals surface area contributed by atoms with Gasteiger partial charge in [-0.1, -0.05) is 0 Å². The van der Waals surface area contributed by atoms with Crippen LogP contribution in [0.3, 0.4) is 0 Å². The fourth-order valence-corrected chi connectivity index (χ4v) is 4.65. The van der Waals surface area contributed by atoms with Crippen LogP contribution in [0.4, 0.5) is 8.78 Å². The van der Waals surface area contributed by atoms with Crippen LogP contribution < -0.4 is 0 Å². The van der Waals surface area contributed by atoms with Crippen molar-refractivity contribution < 1.29 is 8.78 Å². The van der Waals surface area contributed by atoms with Crippen LogP contribution in [0.15, 0.2) is 18.3 Å². The first kappa shape index (κ1) is 16.8. The molecular formula is C21H18F2N6. The van der Waals surface area contributed by atoms with E-state index in [9.17, 15) is 4.39 Å². The van der Waals surface area contributed by atoms with Crippen molar-refractivity contribution >= 4 is 11.0 Å². The zero-order chi connectivity index (χ0) is 19.9. The van der Waals surface area contributed by atoms with Crippen molar-refractivity contribution in [3.05, 3.63) is 47.0 Å². The van der Waals surface area contributed by atoms with E-state index in [1.165, 1.54) is 12.3 Å². The van der Waals surface area contributed by atoms with E-state index in [-0.39, 0.29) is 5.82 Å². The predicted octanol–water partition coefficient (Wildman–Crippen LogP) is 4.29. The van der Waals surface area contributed by atoms with Crippen molar-refractivity contribution in [1.29, 1.82) is 0 Å². The van der Waals surface area contributed by atoms with Crippen molar-refractivity contribution in [3.8, 4) is 22.5 Å². The molecule has 8 heteroatoms. The van der Waals surface area contributed by atoms with Gasteiger partial charge in [-0.05, 0) is 51.2 Å². The second-order valence-electron chi connectivity index (χ2n) is 8.00. The fraction of sp³-hybridized carbons (Fsp3) is 0.333. The Hall–Kier alpha value is -3.16. The van der Waals surface area contributed by atoms with Gasteiger partial charge >= 0.3 is 0 Å². The smallest absolute Gasteiger partial charge is 0.156 e. The van der Waals surface area contributed by atoms with Crippen molar-refractivity contribution in [3.63, 3.8) is 0 Å². The lowest BCUT2D eigenvalue weighted by Gasteiger charge is -2.15. The molecular weight excluding hydrogens is 374 g/mol. The summed E-state index contributed by atoms with van der Waals surface area (Å²) in [5.41, 5.74) is 4.84. The average Bonchev–Trinajstić information content (AvgIpc) is 3.29. The summed E-state index contributed by atoms with van der Waals surface area (Å²) < 4.78 is 31.1. The third-order valence-corrected chi connectivity index (χ3v) is 6.18. The lowest BCUT2D eigenvalue weighted by Crippen LogP contribution is -2.10. The van der Waals surface area contributed by atoms with Crippen LogP contribution in [0.1, 0.15) is 36.0 Å². The standard InChI is InChI=1S/C21H18F2N6/c1-9-16-18(19(23)10(2)25-21(16)27-26-9)17-14-6-3-11-7-15(11)29(14)28-20(17)13-5-4-12(22)8-24-13/h4-5,8,11,15H,3,6-7H2,1-2H3,(H,25,26,27)/t11-,15+/m1/s1. The second kappa shape index (κ2) is 5.68. The zero-order valence-corrected chi connectivity index (χ0v) is 16.0. The highest BCUT2D eigenvalue weighted by molar-refractivity contribution is 5.99. The third-order valence-electron chi connectivity index (χ3n) is 6.18. The number of nitrogens with one attached hydrogen (secondary N) is 1. The van der Waals surface area contributed by atoms with E-state index >= 15 is 4.39 Å². The SMILES string of the molecule is Cc1nc2[nH]nc(C)c2c(-c2c(-c3ccc(F)cn3)nn3c2CC[C@@H]2C[C@@H]23)c1F. The molecule has 4 aromatic rings. The summed E-state index contributed by atoms with van der Waals surface area (Å²) in [5, 5.41) is 12.7. The van der Waals surface area contributed by atoms with Crippen LogP contribution >= 0.6 is 0 Å². The molecule has 1 N–H and O–H groups in total. The fourth-order valence-electron chi connectivity index (χ4n) is 4.65. The molecule has 0 spiro atoms. The first-order valence-electron chi connectivity index (χ1n) is 9.77. The third kappa shape index (κ3) is 2.31. The Morgan fingerprint density at radius 1 is 1.14 bits per heavy atom. The highest BCUT2D eigenvalue weighted by Gasteiger charge is 2.45. The number of fused-ring (bicyclic) bond motifs is 4. The van der Waals surface area contributed by atoms with Crippen LogP contribution in [0.25, 0.3) is 33.5 Å². The molecule has 4 aromatic heterocycles. The van der Waals surface area contributed by atoms with Gasteiger partial charge in [-0.25, -0.2) is 13.8 Å². The van der Waals surface area contributed by atoms with E-state index < -0.39 is 5.82 Å². The molecule has 0 saturated heterocycles. The molecule has 0 bridgehead atoms. The number of hydrogen-bond acceptors (Lipinski definition) is 4. The molecule has 0 aromatic carbocycles. The molecule has 1 saturated carbocycles. The van der Waals surface area contributed by atoms with Crippen LogP contribution in [-0.2, 0) is 6.42 Å². The van der Waals surface area contributed by atoms with Gasteiger partial charge in [0.15, 0.2) is 11.5 Å². The Kier molecular flexibility index (Phi) is 3.29. The summed E-state index contributed by atoms with van der Waals surface area (Å²) in [6.07, 6.45) is 4.16. The van der Waals surface area contributed by atoms with Crippen LogP contribution in [0.5, 0.6) is 0 Å². The van der Waals surface area contributed by atoms with Gasteiger partial charge in [0.25, 0.3) is 0 Å². The number of aromatic nitrogens is 6. The predicted molar refractivity (Wildman–Crippen MR) is 103 cm³/mol. The summed E-state index contributed by atoms with van der Waals surface area (Å²) in [7, 11) is 0. The summed E-state index contributed by atoms with van der Waals surface area (Å²) in [6.45, 7) is 3.48. The summed E-state index contributed by atoms with van der Waals surface area (Å²) >= 11 is 0. The first-order chi connectivity index (χ1) is 14.0. The van der Waals surface area contributed by atoms with E-state index in [1.807, 2.05) is 11.6 Å². The number of rotatable bonds is 2. The minimum Gasteiger partial charge on any atom is -0.265 e. The van der Waals surface area contributed by atoms with Gasteiger partial charge in [0, 0.05) is 16.8 Å². The van der Waals surface area contributed by atoms with Gasteiger partial charge in [-0.2, -0.15) is 10.2 Å². The highest BCUT2D eigenvalue weighted by Crippen LogP contribution is 2.53. The zero-order valence-electron chi connectivity index (χ0n) is 16.0. The summed E-state index contributed by atoms with van der Waals surface area (Å²) in [5.74, 6) is -0.149. The van der Waals surface area contributed by atoms with Crippen molar-refractivity contribution in [1.82, 2.24) is 29.9 Å². The maximum absolute atomic E-state index is 15.6. The van der Waals surface area contributed by atoms with E-state index in [0.29, 0.717) is 51.3 Å². The van der Waals surface area contributed by atoms with Gasteiger partial charge in [-0.3, -0.25) is 14.8 Å². The molecule has 0 radical (unpaired) electrons. The number of aromatic amines is 1. The summed E-state index contributed by atoms with van der Waals surface area (Å²) in [6, 6.07) is 3.32. The monoisotopic (exact) mass is 392 g/mol. The number of halogens is 2. The molecule has 6 nitrogen and oxygen atoms in total. The quantitative estimate of drug-likeness (QED) is 0.553. The average molecular weight is 392 g/mol. The topological polar surface area (TPSA) is 72.3 Å². The van der Waals surface area contributed by atoms with Gasteiger partial charge in [0.2, 0.25) is 0 Å². The number of aryl methyl sites for hydroxylation is 2. The second-order valence-corrected chi connectivity index (χ2v) is 8.00. The van der Waals surface area contributed by atoms with Crippen LogP contribution in [0, 0.1) is 31.4 Å². The van der Waals surface area contributed by atoms with E-state index in [0.717, 1.165) is 30.5 Å². The Morgan fingerprint density at radius 2 is 2.00 bits per heavy atom. The maximum Gasteiger partial charge on any atom is 0.156 e. The number of H-pyrrole nitrogens is 1. The Bertz CT molecular complexity index is 1290. The minimum atomic E-state index is -0.416. The van der Waals surface area contributed by atoms with Crippen LogP contribution in [0.2, 0.25) is 0 Å². The lowest BCUT2D eigenvalue weighted by molar-refractivity contribution is 0.494. The Morgan fingerprint density at radius 3 is 2.79 bits per heavy atom. The highest BCUT2D eigenvalue weighted by atomic mass is 19.1. The van der Waals surface area contributed by atoms with Gasteiger partial charge in [-0.15, -0.1) is 0 Å². The number of pyridine rings is 2. The molecule has 5 heterocycles. The molecule has 6 rings (SSSR count). The molecule has 2 aliphatic rings.